The second-order valence-electron chi connectivity index (χ2n) is 7.13. The maximum Gasteiger partial charge on any atom is 0.254 e. The SMILES string of the molecule is NC[C@@H]1CN(C(=O)CN2Cc3ccccc3C2=O)C[C@H]1c1ccccc1. The van der Waals surface area contributed by atoms with E-state index >= 15 is 0 Å². The molecule has 0 aliphatic carbocycles. The van der Waals surface area contributed by atoms with Gasteiger partial charge in [0.25, 0.3) is 5.91 Å². The molecule has 2 aliphatic heterocycles. The number of nitrogens with zero attached hydrogens (tertiary/aromatic N) is 2. The fraction of sp³-hybridized carbons (Fsp3) is 0.333. The van der Waals surface area contributed by atoms with E-state index in [1.54, 1.807) is 4.90 Å². The van der Waals surface area contributed by atoms with Gasteiger partial charge in [-0.25, -0.2) is 0 Å². The summed E-state index contributed by atoms with van der Waals surface area (Å²) < 4.78 is 0. The molecule has 0 radical (unpaired) electrons. The van der Waals surface area contributed by atoms with Gasteiger partial charge in [-0.2, -0.15) is 0 Å². The quantitative estimate of drug-likeness (QED) is 0.916. The molecule has 4 rings (SSSR count). The Hall–Kier alpha value is -2.66. The fourth-order valence-corrected chi connectivity index (χ4v) is 4.10. The Morgan fingerprint density at radius 2 is 1.77 bits per heavy atom. The first-order valence-corrected chi connectivity index (χ1v) is 9.07. The van der Waals surface area contributed by atoms with Crippen LogP contribution in [0.25, 0.3) is 0 Å². The molecule has 2 atom stereocenters. The summed E-state index contributed by atoms with van der Waals surface area (Å²) in [6.07, 6.45) is 0. The number of benzene rings is 2. The van der Waals surface area contributed by atoms with Crippen molar-refractivity contribution >= 4 is 11.8 Å². The van der Waals surface area contributed by atoms with Crippen LogP contribution >= 0.6 is 0 Å². The highest BCUT2D eigenvalue weighted by molar-refractivity contribution is 6.00. The zero-order chi connectivity index (χ0) is 18.1. The molecular weight excluding hydrogens is 326 g/mol. The lowest BCUT2D eigenvalue weighted by atomic mass is 9.89. The van der Waals surface area contributed by atoms with Gasteiger partial charge in [-0.15, -0.1) is 0 Å². The van der Waals surface area contributed by atoms with Crippen LogP contribution in [0.5, 0.6) is 0 Å². The molecular formula is C21H23N3O2. The lowest BCUT2D eigenvalue weighted by Gasteiger charge is -2.21. The Morgan fingerprint density at radius 1 is 1.04 bits per heavy atom. The van der Waals surface area contributed by atoms with Crippen LogP contribution < -0.4 is 5.73 Å². The van der Waals surface area contributed by atoms with Crippen LogP contribution in [0.15, 0.2) is 54.6 Å². The molecule has 0 bridgehead atoms. The zero-order valence-corrected chi connectivity index (χ0v) is 14.7. The summed E-state index contributed by atoms with van der Waals surface area (Å²) in [6, 6.07) is 17.8. The molecule has 0 aromatic heterocycles. The van der Waals surface area contributed by atoms with Gasteiger partial charge in [-0.3, -0.25) is 9.59 Å². The van der Waals surface area contributed by atoms with Gasteiger partial charge in [0, 0.05) is 31.1 Å². The summed E-state index contributed by atoms with van der Waals surface area (Å²) in [6.45, 7) is 2.52. The molecule has 2 heterocycles. The number of carbonyl (C=O) groups is 2. The molecule has 1 fully saturated rings. The first kappa shape index (κ1) is 16.8. The highest BCUT2D eigenvalue weighted by Gasteiger charge is 2.37. The van der Waals surface area contributed by atoms with Crippen LogP contribution in [0.1, 0.15) is 27.4 Å². The van der Waals surface area contributed by atoms with E-state index in [1.165, 1.54) is 5.56 Å². The topological polar surface area (TPSA) is 66.6 Å². The van der Waals surface area contributed by atoms with Crippen LogP contribution in [0.2, 0.25) is 0 Å². The van der Waals surface area contributed by atoms with Gasteiger partial charge in [0.05, 0.1) is 0 Å². The van der Waals surface area contributed by atoms with Crippen molar-refractivity contribution in [2.45, 2.75) is 12.5 Å². The van der Waals surface area contributed by atoms with Crippen molar-refractivity contribution in [3.63, 3.8) is 0 Å². The monoisotopic (exact) mass is 349 g/mol. The Bertz CT molecular complexity index is 821. The normalized spacial score (nSPS) is 22.0. The zero-order valence-electron chi connectivity index (χ0n) is 14.7. The molecule has 1 saturated heterocycles. The molecule has 0 unspecified atom stereocenters. The number of carbonyl (C=O) groups excluding carboxylic acids is 2. The molecule has 2 aromatic rings. The minimum absolute atomic E-state index is 0.00281. The van der Waals surface area contributed by atoms with E-state index in [0.717, 1.165) is 5.56 Å². The smallest absolute Gasteiger partial charge is 0.254 e. The van der Waals surface area contributed by atoms with Gasteiger partial charge in [0.1, 0.15) is 6.54 Å². The van der Waals surface area contributed by atoms with E-state index < -0.39 is 0 Å². The first-order valence-electron chi connectivity index (χ1n) is 9.07. The fourth-order valence-electron chi connectivity index (χ4n) is 4.10. The third kappa shape index (κ3) is 2.99. The summed E-state index contributed by atoms with van der Waals surface area (Å²) in [5.41, 5.74) is 8.90. The lowest BCUT2D eigenvalue weighted by molar-refractivity contribution is -0.131. The van der Waals surface area contributed by atoms with Gasteiger partial charge < -0.3 is 15.5 Å². The van der Waals surface area contributed by atoms with E-state index in [4.69, 9.17) is 5.73 Å². The average Bonchev–Trinajstić information content (AvgIpc) is 3.25. The molecule has 26 heavy (non-hydrogen) atoms. The molecule has 2 aromatic carbocycles. The molecule has 2 N–H and O–H groups in total. The Morgan fingerprint density at radius 3 is 2.50 bits per heavy atom. The van der Waals surface area contributed by atoms with E-state index in [2.05, 4.69) is 12.1 Å². The number of amides is 2. The molecule has 134 valence electrons. The van der Waals surface area contributed by atoms with E-state index in [1.807, 2.05) is 47.4 Å². The third-order valence-electron chi connectivity index (χ3n) is 5.55. The second kappa shape index (κ2) is 6.92. The summed E-state index contributed by atoms with van der Waals surface area (Å²) in [5, 5.41) is 0. The van der Waals surface area contributed by atoms with E-state index in [9.17, 15) is 9.59 Å². The minimum atomic E-state index is -0.0527. The molecule has 5 nitrogen and oxygen atoms in total. The van der Waals surface area contributed by atoms with Crippen LogP contribution in [0.4, 0.5) is 0 Å². The highest BCUT2D eigenvalue weighted by atomic mass is 16.2. The Balaban J connectivity index is 1.44. The van der Waals surface area contributed by atoms with Crippen molar-refractivity contribution in [2.24, 2.45) is 11.7 Å². The number of fused-ring (bicyclic) bond motifs is 1. The number of nitrogens with two attached hydrogens (primary N) is 1. The van der Waals surface area contributed by atoms with Gasteiger partial charge >= 0.3 is 0 Å². The summed E-state index contributed by atoms with van der Waals surface area (Å²) in [7, 11) is 0. The predicted octanol–water partition coefficient (Wildman–Crippen LogP) is 1.84. The minimum Gasteiger partial charge on any atom is -0.340 e. The molecule has 2 aliphatic rings. The van der Waals surface area contributed by atoms with Crippen molar-refractivity contribution in [3.05, 3.63) is 71.3 Å². The molecule has 2 amide bonds. The second-order valence-corrected chi connectivity index (χ2v) is 7.13. The molecule has 0 saturated carbocycles. The standard InChI is InChI=1S/C21H23N3O2/c22-10-17-12-23(13-19(17)15-6-2-1-3-7-15)20(25)14-24-11-16-8-4-5-9-18(16)21(24)26/h1-9,17,19H,10-14,22H2/t17-,19+/m1/s1. The van der Waals surface area contributed by atoms with Crippen LogP contribution in [0, 0.1) is 5.92 Å². The van der Waals surface area contributed by atoms with Crippen molar-refractivity contribution in [2.75, 3.05) is 26.2 Å². The predicted molar refractivity (Wildman–Crippen MR) is 99.5 cm³/mol. The molecule has 5 heteroatoms. The van der Waals surface area contributed by atoms with Crippen molar-refractivity contribution < 1.29 is 9.59 Å². The van der Waals surface area contributed by atoms with Crippen LogP contribution in [-0.2, 0) is 11.3 Å². The maximum absolute atomic E-state index is 12.8. The number of hydrogen-bond acceptors (Lipinski definition) is 3. The van der Waals surface area contributed by atoms with Crippen molar-refractivity contribution in [1.29, 1.82) is 0 Å². The van der Waals surface area contributed by atoms with Gasteiger partial charge in [0.15, 0.2) is 0 Å². The largest absolute Gasteiger partial charge is 0.340 e. The van der Waals surface area contributed by atoms with Gasteiger partial charge in [-0.1, -0.05) is 48.5 Å². The number of rotatable bonds is 4. The summed E-state index contributed by atoms with van der Waals surface area (Å²) in [4.78, 5) is 28.8. The van der Waals surface area contributed by atoms with Gasteiger partial charge in [-0.05, 0) is 29.7 Å². The highest BCUT2D eigenvalue weighted by Crippen LogP contribution is 2.32. The van der Waals surface area contributed by atoms with Crippen LogP contribution in [-0.4, -0.2) is 47.8 Å². The average molecular weight is 349 g/mol. The van der Waals surface area contributed by atoms with Gasteiger partial charge in [0.2, 0.25) is 5.91 Å². The first-order chi connectivity index (χ1) is 12.7. The number of hydrogen-bond donors (Lipinski definition) is 1. The van der Waals surface area contributed by atoms with E-state index in [0.29, 0.717) is 31.7 Å². The number of likely N-dealkylation sites (tertiary alicyclic amines) is 1. The van der Waals surface area contributed by atoms with Crippen molar-refractivity contribution in [3.8, 4) is 0 Å². The van der Waals surface area contributed by atoms with E-state index in [-0.39, 0.29) is 30.2 Å². The lowest BCUT2D eigenvalue weighted by Crippen LogP contribution is -2.39. The Labute approximate surface area is 153 Å². The summed E-state index contributed by atoms with van der Waals surface area (Å²) >= 11 is 0. The Kier molecular flexibility index (Phi) is 4.47. The summed E-state index contributed by atoms with van der Waals surface area (Å²) in [5.74, 6) is 0.468. The molecule has 0 spiro atoms. The van der Waals surface area contributed by atoms with Crippen LogP contribution in [0.3, 0.4) is 0 Å². The van der Waals surface area contributed by atoms with Crippen molar-refractivity contribution in [1.82, 2.24) is 9.80 Å². The third-order valence-corrected chi connectivity index (χ3v) is 5.55. The maximum atomic E-state index is 12.8.